The fourth-order valence-corrected chi connectivity index (χ4v) is 3.17. The lowest BCUT2D eigenvalue weighted by atomic mass is 10.1. The lowest BCUT2D eigenvalue weighted by molar-refractivity contribution is -0.128. The van der Waals surface area contributed by atoms with E-state index in [2.05, 4.69) is 5.32 Å². The molecule has 3 rings (SSSR count). The number of nitrogens with one attached hydrogen (secondary N) is 1. The summed E-state index contributed by atoms with van der Waals surface area (Å²) < 4.78 is 5.33. The van der Waals surface area contributed by atoms with E-state index in [0.717, 1.165) is 11.3 Å². The summed E-state index contributed by atoms with van der Waals surface area (Å²) in [5, 5.41) is 2.82. The van der Waals surface area contributed by atoms with Crippen LogP contribution in [0.15, 0.2) is 48.5 Å². The first kappa shape index (κ1) is 18.6. The number of para-hydroxylation sites is 1. The van der Waals surface area contributed by atoms with Crippen LogP contribution >= 0.6 is 0 Å². The number of carbonyl (C=O) groups excluding carboxylic acids is 3. The Kier molecular flexibility index (Phi) is 5.54. The Morgan fingerprint density at radius 3 is 2.52 bits per heavy atom. The molecular formula is C21H22N2O4. The van der Waals surface area contributed by atoms with Gasteiger partial charge in [0.05, 0.1) is 13.0 Å². The van der Waals surface area contributed by atoms with Crippen molar-refractivity contribution < 1.29 is 19.1 Å². The first-order valence-electron chi connectivity index (χ1n) is 8.79. The van der Waals surface area contributed by atoms with Crippen LogP contribution in [0.25, 0.3) is 0 Å². The zero-order valence-corrected chi connectivity index (χ0v) is 15.4. The molecule has 0 spiro atoms. The van der Waals surface area contributed by atoms with E-state index in [1.165, 1.54) is 6.92 Å². The second-order valence-electron chi connectivity index (χ2n) is 6.61. The van der Waals surface area contributed by atoms with Gasteiger partial charge < -0.3 is 15.0 Å². The molecule has 1 atom stereocenters. The number of anilines is 1. The standard InChI is InChI=1S/C21H22N2O4/c1-14(24)15-7-9-18(10-8-15)22-21(26)17-11-20(25)23(13-17)12-16-5-3-4-6-19(16)27-2/h3-10,17H,11-13H2,1-2H3,(H,22,26). The average Bonchev–Trinajstić information content (AvgIpc) is 3.03. The molecule has 27 heavy (non-hydrogen) atoms. The van der Waals surface area contributed by atoms with Crippen LogP contribution in [-0.4, -0.2) is 36.2 Å². The van der Waals surface area contributed by atoms with Gasteiger partial charge in [-0.3, -0.25) is 14.4 Å². The van der Waals surface area contributed by atoms with Gasteiger partial charge in [-0.2, -0.15) is 0 Å². The molecule has 1 fully saturated rings. The summed E-state index contributed by atoms with van der Waals surface area (Å²) in [6, 6.07) is 14.3. The second-order valence-corrected chi connectivity index (χ2v) is 6.61. The summed E-state index contributed by atoms with van der Waals surface area (Å²) in [5.41, 5.74) is 2.11. The molecule has 2 amide bonds. The number of hydrogen-bond acceptors (Lipinski definition) is 4. The molecule has 1 saturated heterocycles. The van der Waals surface area contributed by atoms with Crippen molar-refractivity contribution in [3.8, 4) is 5.75 Å². The number of ether oxygens (including phenoxy) is 1. The summed E-state index contributed by atoms with van der Waals surface area (Å²) in [7, 11) is 1.60. The molecule has 2 aromatic carbocycles. The third-order valence-corrected chi connectivity index (χ3v) is 4.70. The fourth-order valence-electron chi connectivity index (χ4n) is 3.17. The van der Waals surface area contributed by atoms with E-state index in [4.69, 9.17) is 4.74 Å². The summed E-state index contributed by atoms with van der Waals surface area (Å²) in [6.07, 6.45) is 0.187. The van der Waals surface area contributed by atoms with Crippen LogP contribution in [0.3, 0.4) is 0 Å². The smallest absolute Gasteiger partial charge is 0.229 e. The molecule has 1 N–H and O–H groups in total. The minimum absolute atomic E-state index is 0.0266. The van der Waals surface area contributed by atoms with Gasteiger partial charge in [0.25, 0.3) is 0 Å². The Bertz CT molecular complexity index is 861. The van der Waals surface area contributed by atoms with Gasteiger partial charge in [0.1, 0.15) is 5.75 Å². The molecule has 0 radical (unpaired) electrons. The van der Waals surface area contributed by atoms with E-state index in [-0.39, 0.29) is 24.0 Å². The zero-order valence-electron chi connectivity index (χ0n) is 15.4. The summed E-state index contributed by atoms with van der Waals surface area (Å²) in [5.74, 6) is 0.0548. The van der Waals surface area contributed by atoms with Gasteiger partial charge in [0.2, 0.25) is 11.8 Å². The average molecular weight is 366 g/mol. The first-order chi connectivity index (χ1) is 13.0. The maximum absolute atomic E-state index is 12.5. The topological polar surface area (TPSA) is 75.7 Å². The molecular weight excluding hydrogens is 344 g/mol. The van der Waals surface area contributed by atoms with Crippen LogP contribution in [0, 0.1) is 5.92 Å². The van der Waals surface area contributed by atoms with Gasteiger partial charge in [-0.25, -0.2) is 0 Å². The van der Waals surface area contributed by atoms with Crippen molar-refractivity contribution in [1.82, 2.24) is 4.90 Å². The van der Waals surface area contributed by atoms with Crippen LogP contribution < -0.4 is 10.1 Å². The predicted octanol–water partition coefficient (Wildman–Crippen LogP) is 2.89. The van der Waals surface area contributed by atoms with Crippen LogP contribution in [0.2, 0.25) is 0 Å². The maximum atomic E-state index is 12.5. The third-order valence-electron chi connectivity index (χ3n) is 4.70. The summed E-state index contributed by atoms with van der Waals surface area (Å²) in [6.45, 7) is 2.28. The van der Waals surface area contributed by atoms with Crippen molar-refractivity contribution in [3.05, 3.63) is 59.7 Å². The van der Waals surface area contributed by atoms with E-state index in [1.54, 1.807) is 36.3 Å². The molecule has 0 aromatic heterocycles. The number of rotatable bonds is 6. The highest BCUT2D eigenvalue weighted by Crippen LogP contribution is 2.25. The number of methoxy groups -OCH3 is 1. The van der Waals surface area contributed by atoms with E-state index < -0.39 is 5.92 Å². The van der Waals surface area contributed by atoms with Crippen molar-refractivity contribution in [2.24, 2.45) is 5.92 Å². The Morgan fingerprint density at radius 2 is 1.85 bits per heavy atom. The molecule has 1 heterocycles. The molecule has 1 aliphatic rings. The Balaban J connectivity index is 1.62. The largest absolute Gasteiger partial charge is 0.496 e. The van der Waals surface area contributed by atoms with Crippen LogP contribution in [-0.2, 0) is 16.1 Å². The number of ketones is 1. The molecule has 0 bridgehead atoms. The Morgan fingerprint density at radius 1 is 1.15 bits per heavy atom. The first-order valence-corrected chi connectivity index (χ1v) is 8.79. The lowest BCUT2D eigenvalue weighted by Gasteiger charge is -2.18. The Labute approximate surface area is 158 Å². The predicted molar refractivity (Wildman–Crippen MR) is 102 cm³/mol. The van der Waals surface area contributed by atoms with Crippen LogP contribution in [0.5, 0.6) is 5.75 Å². The SMILES string of the molecule is COc1ccccc1CN1CC(C(=O)Nc2ccc(C(C)=O)cc2)CC1=O. The number of benzene rings is 2. The second kappa shape index (κ2) is 8.03. The van der Waals surface area contributed by atoms with Gasteiger partial charge in [0, 0.05) is 36.3 Å². The minimum Gasteiger partial charge on any atom is -0.496 e. The van der Waals surface area contributed by atoms with E-state index in [0.29, 0.717) is 24.3 Å². The molecule has 2 aromatic rings. The summed E-state index contributed by atoms with van der Waals surface area (Å²) >= 11 is 0. The lowest BCUT2D eigenvalue weighted by Crippen LogP contribution is -2.28. The van der Waals surface area contributed by atoms with E-state index in [1.807, 2.05) is 24.3 Å². The van der Waals surface area contributed by atoms with Crippen molar-refractivity contribution in [2.75, 3.05) is 19.0 Å². The number of carbonyl (C=O) groups is 3. The fraction of sp³-hybridized carbons (Fsp3) is 0.286. The van der Waals surface area contributed by atoms with Crippen molar-refractivity contribution in [3.63, 3.8) is 0 Å². The quantitative estimate of drug-likeness (QED) is 0.798. The molecule has 6 heteroatoms. The maximum Gasteiger partial charge on any atom is 0.229 e. The van der Waals surface area contributed by atoms with E-state index in [9.17, 15) is 14.4 Å². The minimum atomic E-state index is -0.403. The van der Waals surface area contributed by atoms with Crippen LogP contribution in [0.4, 0.5) is 5.69 Å². The highest BCUT2D eigenvalue weighted by atomic mass is 16.5. The van der Waals surface area contributed by atoms with Crippen molar-refractivity contribution in [1.29, 1.82) is 0 Å². The highest BCUT2D eigenvalue weighted by molar-refractivity contribution is 5.98. The molecule has 0 saturated carbocycles. The van der Waals surface area contributed by atoms with Gasteiger partial charge in [-0.05, 0) is 37.3 Å². The number of nitrogens with zero attached hydrogens (tertiary/aromatic N) is 1. The van der Waals surface area contributed by atoms with Gasteiger partial charge in [-0.15, -0.1) is 0 Å². The third kappa shape index (κ3) is 4.34. The highest BCUT2D eigenvalue weighted by Gasteiger charge is 2.34. The molecule has 6 nitrogen and oxygen atoms in total. The summed E-state index contributed by atoms with van der Waals surface area (Å²) in [4.78, 5) is 37.8. The molecule has 1 aliphatic heterocycles. The van der Waals surface area contributed by atoms with Crippen molar-refractivity contribution >= 4 is 23.3 Å². The van der Waals surface area contributed by atoms with Gasteiger partial charge in [-0.1, -0.05) is 18.2 Å². The Hall–Kier alpha value is -3.15. The zero-order chi connectivity index (χ0) is 19.4. The number of hydrogen-bond donors (Lipinski definition) is 1. The van der Waals surface area contributed by atoms with Crippen LogP contribution in [0.1, 0.15) is 29.3 Å². The molecule has 140 valence electrons. The normalized spacial score (nSPS) is 16.3. The van der Waals surface area contributed by atoms with E-state index >= 15 is 0 Å². The molecule has 1 unspecified atom stereocenters. The monoisotopic (exact) mass is 366 g/mol. The van der Waals surface area contributed by atoms with Gasteiger partial charge in [0.15, 0.2) is 5.78 Å². The number of Topliss-reactive ketones (excluding diaryl/α,β-unsaturated/α-hetero) is 1. The number of amides is 2. The van der Waals surface area contributed by atoms with Crippen molar-refractivity contribution in [2.45, 2.75) is 19.9 Å². The molecule has 0 aliphatic carbocycles. The van der Waals surface area contributed by atoms with Gasteiger partial charge >= 0.3 is 0 Å². The number of likely N-dealkylation sites (tertiary alicyclic amines) is 1.